The Kier molecular flexibility index (Phi) is 5.11. The average molecular weight is 384 g/mol. The molecule has 0 saturated heterocycles. The molecule has 0 radical (unpaired) electrons. The largest absolute Gasteiger partial charge is 0.404 e. The first-order valence-corrected chi connectivity index (χ1v) is 8.54. The highest BCUT2D eigenvalue weighted by molar-refractivity contribution is 9.10. The van der Waals surface area contributed by atoms with Gasteiger partial charge in [-0.15, -0.1) is 5.10 Å². The van der Waals surface area contributed by atoms with Crippen molar-refractivity contribution in [3.8, 4) is 0 Å². The van der Waals surface area contributed by atoms with E-state index in [-0.39, 0.29) is 0 Å². The monoisotopic (exact) mass is 383 g/mol. The van der Waals surface area contributed by atoms with E-state index >= 15 is 0 Å². The number of aromatic nitrogens is 2. The van der Waals surface area contributed by atoms with E-state index in [1.165, 1.54) is 5.56 Å². The molecule has 1 aromatic heterocycles. The van der Waals surface area contributed by atoms with Gasteiger partial charge in [0, 0.05) is 16.2 Å². The van der Waals surface area contributed by atoms with E-state index in [0.717, 1.165) is 15.7 Å². The molecule has 2 aromatic carbocycles. The van der Waals surface area contributed by atoms with Gasteiger partial charge in [0.2, 0.25) is 5.89 Å². The molecule has 0 saturated carbocycles. The van der Waals surface area contributed by atoms with Gasteiger partial charge < -0.3 is 9.73 Å². The number of hydrogen-bond acceptors (Lipinski definition) is 4. The van der Waals surface area contributed by atoms with Crippen molar-refractivity contribution in [3.63, 3.8) is 0 Å². The molecule has 5 heteroatoms. The van der Waals surface area contributed by atoms with Crippen LogP contribution in [-0.2, 0) is 0 Å². The predicted molar refractivity (Wildman–Crippen MR) is 101 cm³/mol. The molecule has 1 N–H and O–H groups in total. The maximum atomic E-state index is 5.61. The van der Waals surface area contributed by atoms with Crippen LogP contribution in [0.2, 0.25) is 0 Å². The highest BCUT2D eigenvalue weighted by atomic mass is 79.9. The van der Waals surface area contributed by atoms with Gasteiger partial charge in [0.05, 0.1) is 0 Å². The van der Waals surface area contributed by atoms with Crippen LogP contribution in [0.5, 0.6) is 0 Å². The summed E-state index contributed by atoms with van der Waals surface area (Å²) in [5.74, 6) is 0.927. The summed E-state index contributed by atoms with van der Waals surface area (Å²) in [6, 6.07) is 16.4. The third-order valence-corrected chi connectivity index (χ3v) is 4.09. The Bertz CT molecular complexity index is 838. The minimum Gasteiger partial charge on any atom is -0.404 e. The number of halogens is 1. The summed E-state index contributed by atoms with van der Waals surface area (Å²) in [6.45, 7) is 4.36. The summed E-state index contributed by atoms with van der Waals surface area (Å²) in [5.41, 5.74) is 3.34. The fourth-order valence-electron chi connectivity index (χ4n) is 2.36. The molecular weight excluding hydrogens is 366 g/mol. The number of rotatable bonds is 5. The maximum Gasteiger partial charge on any atom is 0.320 e. The van der Waals surface area contributed by atoms with Crippen molar-refractivity contribution >= 4 is 39.8 Å². The lowest BCUT2D eigenvalue weighted by Gasteiger charge is -2.08. The standard InChI is InChI=1S/C19H18BrN3O/c1-13(2)17-6-4-3-5-14(17)7-12-18-22-23-19(24-18)21-16-10-8-15(20)9-11-16/h3-13H,1-2H3,(H,21,23)/b12-7+. The smallest absolute Gasteiger partial charge is 0.320 e. The zero-order valence-corrected chi connectivity index (χ0v) is 15.1. The lowest BCUT2D eigenvalue weighted by Crippen LogP contribution is -1.90. The van der Waals surface area contributed by atoms with Crippen LogP contribution in [0.3, 0.4) is 0 Å². The van der Waals surface area contributed by atoms with E-state index in [1.54, 1.807) is 0 Å². The summed E-state index contributed by atoms with van der Waals surface area (Å²) in [7, 11) is 0. The zero-order valence-electron chi connectivity index (χ0n) is 13.5. The molecule has 0 atom stereocenters. The number of anilines is 2. The third kappa shape index (κ3) is 4.11. The molecule has 122 valence electrons. The topological polar surface area (TPSA) is 51.0 Å². The number of benzene rings is 2. The van der Waals surface area contributed by atoms with Crippen LogP contribution in [0, 0.1) is 0 Å². The van der Waals surface area contributed by atoms with E-state index in [0.29, 0.717) is 17.8 Å². The molecule has 0 amide bonds. The van der Waals surface area contributed by atoms with E-state index in [9.17, 15) is 0 Å². The van der Waals surface area contributed by atoms with Crippen LogP contribution < -0.4 is 5.32 Å². The number of nitrogens with zero attached hydrogens (tertiary/aromatic N) is 2. The normalized spacial score (nSPS) is 11.3. The molecule has 0 aliphatic rings. The summed E-state index contributed by atoms with van der Waals surface area (Å²) in [4.78, 5) is 0. The highest BCUT2D eigenvalue weighted by Gasteiger charge is 2.06. The lowest BCUT2D eigenvalue weighted by molar-refractivity contribution is 0.561. The van der Waals surface area contributed by atoms with Crippen molar-refractivity contribution in [1.82, 2.24) is 10.2 Å². The second-order valence-corrected chi connectivity index (χ2v) is 6.61. The van der Waals surface area contributed by atoms with Gasteiger partial charge in [0.15, 0.2) is 0 Å². The van der Waals surface area contributed by atoms with Crippen molar-refractivity contribution in [2.45, 2.75) is 19.8 Å². The molecule has 24 heavy (non-hydrogen) atoms. The fraction of sp³-hybridized carbons (Fsp3) is 0.158. The number of hydrogen-bond donors (Lipinski definition) is 1. The van der Waals surface area contributed by atoms with Crippen LogP contribution >= 0.6 is 15.9 Å². The van der Waals surface area contributed by atoms with Crippen molar-refractivity contribution in [1.29, 1.82) is 0 Å². The molecule has 0 spiro atoms. The Morgan fingerprint density at radius 1 is 1.00 bits per heavy atom. The van der Waals surface area contributed by atoms with E-state index in [4.69, 9.17) is 4.42 Å². The van der Waals surface area contributed by atoms with E-state index < -0.39 is 0 Å². The van der Waals surface area contributed by atoms with E-state index in [2.05, 4.69) is 63.5 Å². The van der Waals surface area contributed by atoms with Crippen LogP contribution in [0.1, 0.15) is 36.8 Å². The van der Waals surface area contributed by atoms with Gasteiger partial charge in [0.1, 0.15) is 0 Å². The second-order valence-electron chi connectivity index (χ2n) is 5.69. The summed E-state index contributed by atoms with van der Waals surface area (Å²) in [6.07, 6.45) is 3.84. The van der Waals surface area contributed by atoms with Crippen molar-refractivity contribution in [3.05, 3.63) is 70.0 Å². The van der Waals surface area contributed by atoms with Crippen molar-refractivity contribution in [2.75, 3.05) is 5.32 Å². The molecule has 0 unspecified atom stereocenters. The van der Waals surface area contributed by atoms with E-state index in [1.807, 2.05) is 42.5 Å². The minimum atomic E-state index is 0.370. The van der Waals surface area contributed by atoms with Crippen molar-refractivity contribution < 1.29 is 4.42 Å². The fourth-order valence-corrected chi connectivity index (χ4v) is 2.62. The van der Waals surface area contributed by atoms with Gasteiger partial charge in [-0.05, 0) is 47.4 Å². The maximum absolute atomic E-state index is 5.61. The lowest BCUT2D eigenvalue weighted by atomic mass is 9.97. The van der Waals surface area contributed by atoms with Crippen LogP contribution in [0.4, 0.5) is 11.7 Å². The summed E-state index contributed by atoms with van der Waals surface area (Å²) in [5, 5.41) is 11.1. The van der Waals surface area contributed by atoms with Gasteiger partial charge in [-0.2, -0.15) is 0 Å². The third-order valence-electron chi connectivity index (χ3n) is 3.56. The molecule has 0 aliphatic heterocycles. The highest BCUT2D eigenvalue weighted by Crippen LogP contribution is 2.22. The predicted octanol–water partition coefficient (Wildman–Crippen LogP) is 5.87. The Morgan fingerprint density at radius 2 is 1.75 bits per heavy atom. The molecule has 3 rings (SSSR count). The molecule has 0 bridgehead atoms. The first-order valence-electron chi connectivity index (χ1n) is 7.75. The van der Waals surface area contributed by atoms with Gasteiger partial charge in [-0.3, -0.25) is 0 Å². The summed E-state index contributed by atoms with van der Waals surface area (Å²) < 4.78 is 6.63. The molecule has 0 aliphatic carbocycles. The molecule has 3 aromatic rings. The van der Waals surface area contributed by atoms with Gasteiger partial charge in [0.25, 0.3) is 0 Å². The Hall–Kier alpha value is -2.40. The quantitative estimate of drug-likeness (QED) is 0.598. The molecule has 0 fully saturated rings. The Labute approximate surface area is 149 Å². The van der Waals surface area contributed by atoms with Crippen LogP contribution in [0.15, 0.2) is 57.4 Å². The SMILES string of the molecule is CC(C)c1ccccc1/C=C/c1nnc(Nc2ccc(Br)cc2)o1. The molecule has 1 heterocycles. The molecular formula is C19H18BrN3O. The first kappa shape index (κ1) is 16.5. The molecule has 4 nitrogen and oxygen atoms in total. The minimum absolute atomic E-state index is 0.370. The zero-order chi connectivity index (χ0) is 16.9. The van der Waals surface area contributed by atoms with Gasteiger partial charge in [-0.25, -0.2) is 0 Å². The Balaban J connectivity index is 1.73. The second kappa shape index (κ2) is 7.45. The van der Waals surface area contributed by atoms with Gasteiger partial charge in [-0.1, -0.05) is 59.1 Å². The Morgan fingerprint density at radius 3 is 2.50 bits per heavy atom. The van der Waals surface area contributed by atoms with Crippen molar-refractivity contribution in [2.24, 2.45) is 0 Å². The van der Waals surface area contributed by atoms with Gasteiger partial charge >= 0.3 is 6.01 Å². The summed E-state index contributed by atoms with van der Waals surface area (Å²) >= 11 is 3.41. The van der Waals surface area contributed by atoms with Crippen LogP contribution in [-0.4, -0.2) is 10.2 Å². The number of nitrogens with one attached hydrogen (secondary N) is 1. The average Bonchev–Trinajstić information content (AvgIpc) is 3.03. The van der Waals surface area contributed by atoms with Crippen LogP contribution in [0.25, 0.3) is 12.2 Å². The first-order chi connectivity index (χ1) is 11.6.